The third kappa shape index (κ3) is 4.25. The fraction of sp³-hybridized carbons (Fsp3) is 0.632. The van der Waals surface area contributed by atoms with Crippen LogP contribution in [0.1, 0.15) is 38.7 Å². The van der Waals surface area contributed by atoms with Gasteiger partial charge in [0.2, 0.25) is 5.91 Å². The van der Waals surface area contributed by atoms with Crippen LogP contribution < -0.4 is 5.32 Å². The van der Waals surface area contributed by atoms with E-state index in [0.717, 1.165) is 56.0 Å². The molecule has 0 unspecified atom stereocenters. The number of benzene rings is 1. The normalized spacial score (nSPS) is 20.0. The molecule has 0 atom stereocenters. The minimum atomic E-state index is -0.386. The lowest BCUT2D eigenvalue weighted by Crippen LogP contribution is -2.49. The summed E-state index contributed by atoms with van der Waals surface area (Å²) in [7, 11) is 0. The Morgan fingerprint density at radius 1 is 1.29 bits per heavy atom. The summed E-state index contributed by atoms with van der Waals surface area (Å²) in [5.41, 5.74) is 1.20. The molecule has 2 aliphatic rings. The molecule has 0 aromatic heterocycles. The van der Waals surface area contributed by atoms with Crippen molar-refractivity contribution in [3.8, 4) is 0 Å². The Morgan fingerprint density at radius 3 is 2.58 bits per heavy atom. The summed E-state index contributed by atoms with van der Waals surface area (Å²) < 4.78 is 0. The van der Waals surface area contributed by atoms with Gasteiger partial charge in [-0.3, -0.25) is 4.79 Å². The summed E-state index contributed by atoms with van der Waals surface area (Å²) >= 11 is 6.07. The minimum absolute atomic E-state index is 0. The number of likely N-dealkylation sites (tertiary alicyclic amines) is 1. The van der Waals surface area contributed by atoms with Crippen LogP contribution in [0.5, 0.6) is 0 Å². The zero-order valence-corrected chi connectivity index (χ0v) is 16.2. The van der Waals surface area contributed by atoms with Crippen LogP contribution in [0.25, 0.3) is 0 Å². The molecule has 134 valence electrons. The van der Waals surface area contributed by atoms with Crippen molar-refractivity contribution in [2.24, 2.45) is 10.8 Å². The number of piperidine rings is 1. The first-order valence-electron chi connectivity index (χ1n) is 8.65. The van der Waals surface area contributed by atoms with Gasteiger partial charge in [0, 0.05) is 30.1 Å². The molecule has 2 saturated heterocycles. The summed E-state index contributed by atoms with van der Waals surface area (Å²) in [5, 5.41) is 4.21. The van der Waals surface area contributed by atoms with E-state index in [1.165, 1.54) is 6.42 Å². The number of carbonyl (C=O) groups is 1. The van der Waals surface area contributed by atoms with Gasteiger partial charge in [-0.2, -0.15) is 0 Å². The number of rotatable bonds is 3. The molecule has 0 bridgehead atoms. The van der Waals surface area contributed by atoms with Crippen LogP contribution in [0.2, 0.25) is 5.02 Å². The van der Waals surface area contributed by atoms with Gasteiger partial charge < -0.3 is 10.2 Å². The lowest BCUT2D eigenvalue weighted by Gasteiger charge is -2.41. The number of hydrogen-bond acceptors (Lipinski definition) is 2. The Kier molecular flexibility index (Phi) is 6.22. The molecule has 1 aromatic rings. The van der Waals surface area contributed by atoms with E-state index in [-0.39, 0.29) is 23.7 Å². The average Bonchev–Trinajstić information content (AvgIpc) is 2.95. The fourth-order valence-corrected chi connectivity index (χ4v) is 4.28. The fourth-order valence-electron chi connectivity index (χ4n) is 4.07. The molecule has 3 rings (SSSR count). The largest absolute Gasteiger partial charge is 0.342 e. The SMILES string of the molecule is CC(C)(Cc1cccc(Cl)c1)C(=O)N1CCC2(CCNC2)CC1.Cl. The van der Waals surface area contributed by atoms with Crippen molar-refractivity contribution in [3.63, 3.8) is 0 Å². The van der Waals surface area contributed by atoms with Crippen molar-refractivity contribution in [2.45, 2.75) is 39.5 Å². The molecule has 24 heavy (non-hydrogen) atoms. The van der Waals surface area contributed by atoms with Gasteiger partial charge in [-0.15, -0.1) is 12.4 Å². The Bertz CT molecular complexity index is 572. The van der Waals surface area contributed by atoms with Crippen LogP contribution in [0.4, 0.5) is 0 Å². The van der Waals surface area contributed by atoms with Crippen molar-refractivity contribution >= 4 is 29.9 Å². The van der Waals surface area contributed by atoms with Crippen LogP contribution in [0, 0.1) is 10.8 Å². The van der Waals surface area contributed by atoms with E-state index in [1.807, 2.05) is 18.2 Å². The van der Waals surface area contributed by atoms with E-state index in [9.17, 15) is 4.79 Å². The molecule has 2 aliphatic heterocycles. The predicted octanol–water partition coefficient (Wildman–Crippen LogP) is 3.93. The first kappa shape index (κ1) is 19.6. The van der Waals surface area contributed by atoms with E-state index >= 15 is 0 Å². The van der Waals surface area contributed by atoms with Gasteiger partial charge in [0.15, 0.2) is 0 Å². The van der Waals surface area contributed by atoms with Gasteiger partial charge in [0.25, 0.3) is 0 Å². The number of hydrogen-bond donors (Lipinski definition) is 1. The summed E-state index contributed by atoms with van der Waals surface area (Å²) in [6.07, 6.45) is 4.27. The second-order valence-electron chi connectivity index (χ2n) is 7.91. The minimum Gasteiger partial charge on any atom is -0.342 e. The van der Waals surface area contributed by atoms with E-state index in [1.54, 1.807) is 0 Å². The van der Waals surface area contributed by atoms with Crippen molar-refractivity contribution in [2.75, 3.05) is 26.2 Å². The first-order valence-corrected chi connectivity index (χ1v) is 9.03. The van der Waals surface area contributed by atoms with Crippen LogP contribution in [0.15, 0.2) is 24.3 Å². The first-order chi connectivity index (χ1) is 10.9. The Hall–Kier alpha value is -0.770. The summed E-state index contributed by atoms with van der Waals surface area (Å²) in [5.74, 6) is 0.276. The van der Waals surface area contributed by atoms with E-state index in [4.69, 9.17) is 11.6 Å². The highest BCUT2D eigenvalue weighted by molar-refractivity contribution is 6.30. The van der Waals surface area contributed by atoms with Gasteiger partial charge >= 0.3 is 0 Å². The Morgan fingerprint density at radius 2 is 2.00 bits per heavy atom. The summed E-state index contributed by atoms with van der Waals surface area (Å²) in [4.78, 5) is 15.1. The molecule has 3 nitrogen and oxygen atoms in total. The highest BCUT2D eigenvalue weighted by Gasteiger charge is 2.40. The third-order valence-electron chi connectivity index (χ3n) is 5.56. The van der Waals surface area contributed by atoms with E-state index < -0.39 is 0 Å². The molecule has 1 spiro atoms. The molecule has 2 heterocycles. The Labute approximate surface area is 156 Å². The number of halogens is 2. The number of carbonyl (C=O) groups excluding carboxylic acids is 1. The van der Waals surface area contributed by atoms with Crippen LogP contribution in [-0.2, 0) is 11.2 Å². The lowest BCUT2D eigenvalue weighted by molar-refractivity contribution is -0.142. The smallest absolute Gasteiger partial charge is 0.228 e. The monoisotopic (exact) mass is 370 g/mol. The highest BCUT2D eigenvalue weighted by Crippen LogP contribution is 2.38. The molecule has 0 saturated carbocycles. The average molecular weight is 371 g/mol. The van der Waals surface area contributed by atoms with E-state index in [0.29, 0.717) is 5.41 Å². The van der Waals surface area contributed by atoms with Gasteiger partial charge in [-0.25, -0.2) is 0 Å². The van der Waals surface area contributed by atoms with Gasteiger partial charge in [-0.05, 0) is 55.3 Å². The van der Waals surface area contributed by atoms with Crippen LogP contribution in [0.3, 0.4) is 0 Å². The number of nitrogens with one attached hydrogen (secondary N) is 1. The molecule has 0 radical (unpaired) electrons. The maximum Gasteiger partial charge on any atom is 0.228 e. The second-order valence-corrected chi connectivity index (χ2v) is 8.35. The van der Waals surface area contributed by atoms with E-state index in [2.05, 4.69) is 30.1 Å². The molecule has 1 N–H and O–H groups in total. The highest BCUT2D eigenvalue weighted by atomic mass is 35.5. The lowest BCUT2D eigenvalue weighted by atomic mass is 9.76. The molecule has 1 aromatic carbocycles. The number of nitrogens with zero attached hydrogens (tertiary/aromatic N) is 1. The Balaban J connectivity index is 0.00000208. The van der Waals surface area contributed by atoms with Gasteiger partial charge in [0.05, 0.1) is 0 Å². The second kappa shape index (κ2) is 7.63. The standard InChI is InChI=1S/C19H27ClN2O.ClH/c1-18(2,13-15-4-3-5-16(20)12-15)17(23)22-10-7-19(8-11-22)6-9-21-14-19;/h3-5,12,21H,6-11,13-14H2,1-2H3;1H. The zero-order valence-electron chi connectivity index (χ0n) is 14.6. The molecular formula is C19H28Cl2N2O. The maximum absolute atomic E-state index is 13.0. The van der Waals surface area contributed by atoms with Crippen molar-refractivity contribution in [3.05, 3.63) is 34.9 Å². The van der Waals surface area contributed by atoms with Crippen molar-refractivity contribution in [1.29, 1.82) is 0 Å². The maximum atomic E-state index is 13.0. The molecule has 2 fully saturated rings. The van der Waals surface area contributed by atoms with Crippen molar-refractivity contribution < 1.29 is 4.79 Å². The van der Waals surface area contributed by atoms with Crippen molar-refractivity contribution in [1.82, 2.24) is 10.2 Å². The number of amides is 1. The summed E-state index contributed by atoms with van der Waals surface area (Å²) in [6, 6.07) is 7.85. The van der Waals surface area contributed by atoms with Gasteiger partial charge in [-0.1, -0.05) is 37.6 Å². The molecule has 5 heteroatoms. The molecule has 0 aliphatic carbocycles. The van der Waals surface area contributed by atoms with Crippen LogP contribution >= 0.6 is 24.0 Å². The van der Waals surface area contributed by atoms with Crippen LogP contribution in [-0.4, -0.2) is 37.0 Å². The molecular weight excluding hydrogens is 343 g/mol. The quantitative estimate of drug-likeness (QED) is 0.873. The molecule has 1 amide bonds. The topological polar surface area (TPSA) is 32.3 Å². The third-order valence-corrected chi connectivity index (χ3v) is 5.79. The zero-order chi connectivity index (χ0) is 16.5. The predicted molar refractivity (Wildman–Crippen MR) is 102 cm³/mol. The van der Waals surface area contributed by atoms with Gasteiger partial charge in [0.1, 0.15) is 0 Å². The summed E-state index contributed by atoms with van der Waals surface area (Å²) in [6.45, 7) is 8.17.